The third-order valence-electron chi connectivity index (χ3n) is 8.57. The largest absolute Gasteiger partial charge is 0.462 e. The topological polar surface area (TPSA) is 157 Å². The van der Waals surface area contributed by atoms with Crippen LogP contribution in [0, 0.1) is 22.7 Å². The van der Waals surface area contributed by atoms with Crippen molar-refractivity contribution in [3.63, 3.8) is 0 Å². The van der Waals surface area contributed by atoms with Gasteiger partial charge in [-0.05, 0) is 42.6 Å². The summed E-state index contributed by atoms with van der Waals surface area (Å²) in [6.45, 7) is 9.21. The van der Waals surface area contributed by atoms with E-state index in [9.17, 15) is 33.3 Å². The van der Waals surface area contributed by atoms with Crippen LogP contribution in [0.4, 0.5) is 0 Å². The maximum Gasteiger partial charge on any atom is 0.303 e. The summed E-state index contributed by atoms with van der Waals surface area (Å²) in [5, 5.41) is 34.4. The van der Waals surface area contributed by atoms with Crippen LogP contribution >= 0.6 is 0 Å². The van der Waals surface area contributed by atoms with Crippen LogP contribution in [0.15, 0.2) is 11.1 Å². The zero-order chi connectivity index (χ0) is 27.4. The fourth-order valence-electron chi connectivity index (χ4n) is 7.58. The molecule has 0 radical (unpaired) electrons. The molecule has 0 aromatic heterocycles. The molecule has 2 fully saturated rings. The number of hydrogen-bond acceptors (Lipinski definition) is 10. The van der Waals surface area contributed by atoms with Gasteiger partial charge >= 0.3 is 11.9 Å². The molecular formula is C25H40O10S. The summed E-state index contributed by atoms with van der Waals surface area (Å²) in [5.74, 6) is -2.85. The van der Waals surface area contributed by atoms with Gasteiger partial charge in [0.05, 0.1) is 19.0 Å². The Morgan fingerprint density at radius 1 is 1.11 bits per heavy atom. The van der Waals surface area contributed by atoms with Crippen molar-refractivity contribution in [3.8, 4) is 0 Å². The number of ether oxygens (including phenoxy) is 2. The van der Waals surface area contributed by atoms with Gasteiger partial charge in [0.25, 0.3) is 10.1 Å². The third kappa shape index (κ3) is 5.09. The van der Waals surface area contributed by atoms with E-state index >= 15 is 0 Å². The molecule has 0 amide bonds. The summed E-state index contributed by atoms with van der Waals surface area (Å²) in [6.07, 6.45) is -2.24. The highest BCUT2D eigenvalue weighted by Crippen LogP contribution is 2.61. The Balaban J connectivity index is 2.27. The Bertz CT molecular complexity index is 1030. The minimum Gasteiger partial charge on any atom is -0.462 e. The average Bonchev–Trinajstić information content (AvgIpc) is 2.66. The van der Waals surface area contributed by atoms with E-state index in [1.165, 1.54) is 13.8 Å². The van der Waals surface area contributed by atoms with Crippen LogP contribution in [0.1, 0.15) is 67.2 Å². The highest BCUT2D eigenvalue weighted by molar-refractivity contribution is 7.86. The van der Waals surface area contributed by atoms with Crippen LogP contribution in [0.5, 0.6) is 0 Å². The van der Waals surface area contributed by atoms with Crippen LogP contribution in [-0.4, -0.2) is 78.6 Å². The van der Waals surface area contributed by atoms with Gasteiger partial charge in [-0.2, -0.15) is 8.42 Å². The number of carbonyl (C=O) groups is 2. The van der Waals surface area contributed by atoms with E-state index in [2.05, 4.69) is 0 Å². The smallest absolute Gasteiger partial charge is 0.303 e. The third-order valence-corrected chi connectivity index (χ3v) is 9.15. The Labute approximate surface area is 213 Å². The first-order valence-electron chi connectivity index (χ1n) is 12.3. The average molecular weight is 533 g/mol. The van der Waals surface area contributed by atoms with Crippen molar-refractivity contribution >= 4 is 22.1 Å². The molecule has 0 heterocycles. The number of aliphatic hydroxyl groups excluding tert-OH is 2. The maximum atomic E-state index is 12.2. The molecule has 10 nitrogen and oxygen atoms in total. The van der Waals surface area contributed by atoms with Crippen molar-refractivity contribution in [2.24, 2.45) is 22.7 Å². The van der Waals surface area contributed by atoms with Crippen LogP contribution < -0.4 is 0 Å². The van der Waals surface area contributed by atoms with E-state index in [0.717, 1.165) is 17.4 Å². The quantitative estimate of drug-likeness (QED) is 0.269. The van der Waals surface area contributed by atoms with Crippen LogP contribution in [0.25, 0.3) is 0 Å². The van der Waals surface area contributed by atoms with Gasteiger partial charge < -0.3 is 24.8 Å². The molecule has 3 aliphatic carbocycles. The van der Waals surface area contributed by atoms with Gasteiger partial charge in [-0.1, -0.05) is 26.3 Å². The summed E-state index contributed by atoms with van der Waals surface area (Å²) in [4.78, 5) is 24.2. The molecule has 3 rings (SSSR count). The molecule has 3 N–H and O–H groups in total. The summed E-state index contributed by atoms with van der Waals surface area (Å²) in [6, 6.07) is 0. The second-order valence-electron chi connectivity index (χ2n) is 11.7. The van der Waals surface area contributed by atoms with E-state index in [0.29, 0.717) is 12.8 Å². The normalized spacial score (nSPS) is 40.5. The van der Waals surface area contributed by atoms with Crippen molar-refractivity contribution in [1.29, 1.82) is 0 Å². The van der Waals surface area contributed by atoms with Gasteiger partial charge in [0.2, 0.25) is 0 Å². The number of rotatable bonds is 5. The summed E-state index contributed by atoms with van der Waals surface area (Å²) in [5.41, 5.74) is -2.14. The van der Waals surface area contributed by atoms with Crippen molar-refractivity contribution in [2.75, 3.05) is 12.9 Å². The van der Waals surface area contributed by atoms with Gasteiger partial charge in [-0.3, -0.25) is 13.8 Å². The molecule has 2 saturated carbocycles. The van der Waals surface area contributed by atoms with Crippen molar-refractivity contribution in [1.82, 2.24) is 0 Å². The molecule has 36 heavy (non-hydrogen) atoms. The molecule has 0 unspecified atom stereocenters. The van der Waals surface area contributed by atoms with E-state index in [4.69, 9.17) is 13.7 Å². The van der Waals surface area contributed by atoms with Gasteiger partial charge in [0.15, 0.2) is 0 Å². The number of hydrogen-bond donors (Lipinski definition) is 3. The second-order valence-corrected chi connectivity index (χ2v) is 13.3. The molecule has 0 aromatic rings. The van der Waals surface area contributed by atoms with Crippen LogP contribution in [-0.2, 0) is 33.4 Å². The van der Waals surface area contributed by atoms with Crippen molar-refractivity contribution in [2.45, 2.75) is 97.2 Å². The molecule has 2 bridgehead atoms. The number of aliphatic hydroxyl groups is 3. The molecule has 0 aromatic carbocycles. The minimum absolute atomic E-state index is 0.0934. The lowest BCUT2D eigenvalue weighted by molar-refractivity contribution is -0.244. The summed E-state index contributed by atoms with van der Waals surface area (Å²) >= 11 is 0. The zero-order valence-electron chi connectivity index (χ0n) is 22.1. The summed E-state index contributed by atoms with van der Waals surface area (Å²) in [7, 11) is -4.00. The van der Waals surface area contributed by atoms with Crippen LogP contribution in [0.2, 0.25) is 0 Å². The lowest BCUT2D eigenvalue weighted by atomic mass is 9.48. The molecule has 0 aliphatic heterocycles. The first-order chi connectivity index (χ1) is 16.4. The first-order valence-corrected chi connectivity index (χ1v) is 14.1. The van der Waals surface area contributed by atoms with E-state index in [1.807, 2.05) is 27.7 Å². The highest BCUT2D eigenvalue weighted by Gasteiger charge is 2.65. The fourth-order valence-corrected chi connectivity index (χ4v) is 8.27. The van der Waals surface area contributed by atoms with Gasteiger partial charge in [0, 0.05) is 32.1 Å². The van der Waals surface area contributed by atoms with Gasteiger partial charge in [0.1, 0.15) is 23.9 Å². The Morgan fingerprint density at radius 3 is 2.19 bits per heavy atom. The molecule has 3 aliphatic rings. The lowest BCUT2D eigenvalue weighted by Crippen LogP contribution is -2.69. The Morgan fingerprint density at radius 2 is 1.69 bits per heavy atom. The van der Waals surface area contributed by atoms with Crippen LogP contribution in [0.3, 0.4) is 0 Å². The predicted octanol–water partition coefficient (Wildman–Crippen LogP) is 1.46. The molecule has 11 heteroatoms. The molecule has 0 saturated heterocycles. The number of esters is 2. The van der Waals surface area contributed by atoms with Gasteiger partial charge in [-0.15, -0.1) is 0 Å². The summed E-state index contributed by atoms with van der Waals surface area (Å²) < 4.78 is 40.8. The molecular weight excluding hydrogens is 492 g/mol. The van der Waals surface area contributed by atoms with Crippen molar-refractivity contribution < 1.29 is 47.0 Å². The predicted molar refractivity (Wildman–Crippen MR) is 129 cm³/mol. The molecule has 8 atom stereocenters. The number of carbonyl (C=O) groups excluding carboxylic acids is 2. The molecule has 206 valence electrons. The van der Waals surface area contributed by atoms with E-state index in [1.54, 1.807) is 0 Å². The lowest BCUT2D eigenvalue weighted by Gasteiger charge is -2.61. The Hall–Kier alpha value is -1.53. The highest BCUT2D eigenvalue weighted by atomic mass is 32.2. The van der Waals surface area contributed by atoms with E-state index in [-0.39, 0.29) is 12.8 Å². The van der Waals surface area contributed by atoms with Crippen molar-refractivity contribution in [3.05, 3.63) is 11.1 Å². The monoisotopic (exact) mass is 532 g/mol. The SMILES string of the molecule is CC(=O)O[C@H]1C[C@]2(C)CC[C@H](OS(C)(=O)=O)[C@@](O)(CO)[C@H]2[C@H](O)[C@@H]2[C@@H](OC(C)=O)CC(C)=C1C2(C)C. The standard InChI is InChI=1S/C25H40O10S/c1-13-10-16(33-14(2)27)20-21(29)22-24(6,11-17(34-15(3)28)19(13)23(20,4)5)9-8-18(25(22,30)12-26)35-36(7,31)32/h16-18,20-22,26,29-30H,8-12H2,1-7H3/t16-,17-,18-,20-,21+,22-,24-,25-/m0/s1. The number of fused-ring (bicyclic) bond motifs is 3. The van der Waals surface area contributed by atoms with Gasteiger partial charge in [-0.25, -0.2) is 0 Å². The minimum atomic E-state index is -4.00. The Kier molecular flexibility index (Phi) is 7.78. The fraction of sp³-hybridized carbons (Fsp3) is 0.840. The maximum absolute atomic E-state index is 12.2. The molecule has 0 spiro atoms. The van der Waals surface area contributed by atoms with E-state index < -0.39 is 81.3 Å². The zero-order valence-corrected chi connectivity index (χ0v) is 22.9. The second kappa shape index (κ2) is 9.65. The first kappa shape index (κ1) is 29.0.